The second-order valence-electron chi connectivity index (χ2n) is 8.63. The van der Waals surface area contributed by atoms with Gasteiger partial charge in [0.25, 0.3) is 0 Å². The van der Waals surface area contributed by atoms with Gasteiger partial charge in [0, 0.05) is 19.6 Å². The zero-order valence-electron chi connectivity index (χ0n) is 17.4. The molecule has 0 N–H and O–H groups in total. The second-order valence-corrected chi connectivity index (χ2v) is 10.7. The standard InChI is InChI=1S/C24H32S2/c1-13(2)17-9-10-18(14(3)4)22-21(17)25-23-19(15(5)6)11-12-20(16(7)8)24(23)26-22/h9-16H,1-8H3. The van der Waals surface area contributed by atoms with E-state index in [4.69, 9.17) is 0 Å². The predicted molar refractivity (Wildman–Crippen MR) is 117 cm³/mol. The molecule has 0 aliphatic carbocycles. The average molecular weight is 385 g/mol. The van der Waals surface area contributed by atoms with Crippen molar-refractivity contribution in [1.82, 2.24) is 0 Å². The number of fused-ring (bicyclic) bond motifs is 2. The van der Waals surface area contributed by atoms with E-state index in [-0.39, 0.29) is 0 Å². The minimum Gasteiger partial charge on any atom is -0.0871 e. The molecule has 0 spiro atoms. The van der Waals surface area contributed by atoms with E-state index in [0.29, 0.717) is 23.7 Å². The summed E-state index contributed by atoms with van der Waals surface area (Å²) >= 11 is 4.07. The summed E-state index contributed by atoms with van der Waals surface area (Å²) in [6, 6.07) is 9.49. The summed E-state index contributed by atoms with van der Waals surface area (Å²) in [6.45, 7) is 18.6. The molecule has 1 aliphatic heterocycles. The van der Waals surface area contributed by atoms with Crippen LogP contribution in [0, 0.1) is 0 Å². The zero-order chi connectivity index (χ0) is 19.2. The van der Waals surface area contributed by atoms with Gasteiger partial charge in [-0.3, -0.25) is 0 Å². The van der Waals surface area contributed by atoms with Crippen molar-refractivity contribution in [3.05, 3.63) is 46.5 Å². The Morgan fingerprint density at radius 1 is 0.423 bits per heavy atom. The Kier molecular flexibility index (Phi) is 5.84. The lowest BCUT2D eigenvalue weighted by atomic mass is 9.96. The van der Waals surface area contributed by atoms with Gasteiger partial charge in [-0.05, 0) is 45.9 Å². The monoisotopic (exact) mass is 384 g/mol. The van der Waals surface area contributed by atoms with Crippen LogP contribution in [0.2, 0.25) is 0 Å². The minimum absolute atomic E-state index is 0.551. The second kappa shape index (κ2) is 7.64. The highest BCUT2D eigenvalue weighted by Gasteiger charge is 2.29. The van der Waals surface area contributed by atoms with Crippen molar-refractivity contribution in [2.24, 2.45) is 0 Å². The Hall–Kier alpha value is -0.860. The van der Waals surface area contributed by atoms with Crippen LogP contribution in [0.1, 0.15) is 101 Å². The maximum Gasteiger partial charge on any atom is 0.0300 e. The van der Waals surface area contributed by atoms with Gasteiger partial charge >= 0.3 is 0 Å². The number of hydrogen-bond donors (Lipinski definition) is 0. The summed E-state index contributed by atoms with van der Waals surface area (Å²) in [6.07, 6.45) is 0. The highest BCUT2D eigenvalue weighted by atomic mass is 32.2. The topological polar surface area (TPSA) is 0 Å². The molecule has 2 aromatic rings. The van der Waals surface area contributed by atoms with Crippen LogP contribution in [0.15, 0.2) is 43.8 Å². The van der Waals surface area contributed by atoms with E-state index in [0.717, 1.165) is 0 Å². The van der Waals surface area contributed by atoms with Gasteiger partial charge in [0.05, 0.1) is 0 Å². The van der Waals surface area contributed by atoms with Crippen molar-refractivity contribution in [3.63, 3.8) is 0 Å². The summed E-state index contributed by atoms with van der Waals surface area (Å²) in [5.74, 6) is 2.21. The van der Waals surface area contributed by atoms with E-state index in [1.54, 1.807) is 0 Å². The summed E-state index contributed by atoms with van der Waals surface area (Å²) < 4.78 is 0. The fraction of sp³-hybridized carbons (Fsp3) is 0.500. The van der Waals surface area contributed by atoms with Gasteiger partial charge in [-0.25, -0.2) is 0 Å². The first kappa shape index (κ1) is 19.9. The summed E-state index contributed by atoms with van der Waals surface area (Å²) in [5.41, 5.74) is 5.99. The highest BCUT2D eigenvalue weighted by molar-refractivity contribution is 8.05. The van der Waals surface area contributed by atoms with Gasteiger partial charge in [-0.15, -0.1) is 0 Å². The summed E-state index contributed by atoms with van der Waals surface area (Å²) in [5, 5.41) is 0. The molecule has 0 saturated carbocycles. The molecule has 3 rings (SSSR count). The third-order valence-corrected chi connectivity index (χ3v) is 8.08. The molecular formula is C24H32S2. The van der Waals surface area contributed by atoms with Gasteiger partial charge in [-0.1, -0.05) is 103 Å². The van der Waals surface area contributed by atoms with Crippen molar-refractivity contribution in [2.75, 3.05) is 0 Å². The summed E-state index contributed by atoms with van der Waals surface area (Å²) in [7, 11) is 0. The van der Waals surface area contributed by atoms with Gasteiger partial charge in [0.2, 0.25) is 0 Å². The lowest BCUT2D eigenvalue weighted by Crippen LogP contribution is -2.07. The fourth-order valence-electron chi connectivity index (χ4n) is 3.63. The molecular weight excluding hydrogens is 352 g/mol. The zero-order valence-corrected chi connectivity index (χ0v) is 19.1. The highest BCUT2D eigenvalue weighted by Crippen LogP contribution is 2.56. The normalized spacial score (nSPS) is 13.7. The number of hydrogen-bond acceptors (Lipinski definition) is 2. The SMILES string of the molecule is CC(C)c1ccc(C(C)C)c2c1Sc1c(C(C)C)ccc(C(C)C)c1S2. The predicted octanol–water partition coefficient (Wildman–Crippen LogP) is 8.80. The van der Waals surface area contributed by atoms with Crippen molar-refractivity contribution in [2.45, 2.75) is 98.6 Å². The third-order valence-electron chi connectivity index (χ3n) is 5.24. The lowest BCUT2D eigenvalue weighted by molar-refractivity contribution is 0.771. The maximum atomic E-state index is 2.37. The number of rotatable bonds is 4. The van der Waals surface area contributed by atoms with Crippen molar-refractivity contribution < 1.29 is 0 Å². The first-order valence-electron chi connectivity index (χ1n) is 9.91. The van der Waals surface area contributed by atoms with Crippen LogP contribution in [0.5, 0.6) is 0 Å². The molecule has 0 aromatic heterocycles. The van der Waals surface area contributed by atoms with Crippen LogP contribution in [0.3, 0.4) is 0 Å². The van der Waals surface area contributed by atoms with E-state index in [9.17, 15) is 0 Å². The van der Waals surface area contributed by atoms with Gasteiger partial charge in [0.15, 0.2) is 0 Å². The van der Waals surface area contributed by atoms with Crippen LogP contribution in [0.4, 0.5) is 0 Å². The Morgan fingerprint density at radius 3 is 0.769 bits per heavy atom. The molecule has 2 aromatic carbocycles. The molecule has 0 amide bonds. The lowest BCUT2D eigenvalue weighted by Gasteiger charge is -2.30. The quantitative estimate of drug-likeness (QED) is 0.440. The molecule has 1 heterocycles. The van der Waals surface area contributed by atoms with Gasteiger partial charge < -0.3 is 0 Å². The third kappa shape index (κ3) is 3.47. The Morgan fingerprint density at radius 2 is 0.615 bits per heavy atom. The van der Waals surface area contributed by atoms with Crippen molar-refractivity contribution in [3.8, 4) is 0 Å². The minimum atomic E-state index is 0.551. The molecule has 0 fully saturated rings. The molecule has 0 bridgehead atoms. The average Bonchev–Trinajstić information content (AvgIpc) is 2.57. The molecule has 140 valence electrons. The van der Waals surface area contributed by atoms with E-state index in [2.05, 4.69) is 79.7 Å². The molecule has 1 aliphatic rings. The molecule has 0 unspecified atom stereocenters. The van der Waals surface area contributed by atoms with Crippen molar-refractivity contribution in [1.29, 1.82) is 0 Å². The molecule has 0 saturated heterocycles. The number of benzene rings is 2. The van der Waals surface area contributed by atoms with Gasteiger partial charge in [0.1, 0.15) is 0 Å². The first-order valence-corrected chi connectivity index (χ1v) is 11.5. The maximum absolute atomic E-state index is 2.37. The van der Waals surface area contributed by atoms with Crippen LogP contribution >= 0.6 is 23.5 Å². The molecule has 0 nitrogen and oxygen atoms in total. The van der Waals surface area contributed by atoms with Crippen molar-refractivity contribution >= 4 is 23.5 Å². The van der Waals surface area contributed by atoms with Crippen LogP contribution in [-0.2, 0) is 0 Å². The fourth-order valence-corrected chi connectivity index (χ4v) is 7.07. The van der Waals surface area contributed by atoms with Crippen LogP contribution in [-0.4, -0.2) is 0 Å². The molecule has 26 heavy (non-hydrogen) atoms. The molecule has 0 atom stereocenters. The molecule has 2 heteroatoms. The van der Waals surface area contributed by atoms with E-state index < -0.39 is 0 Å². The molecule has 0 radical (unpaired) electrons. The van der Waals surface area contributed by atoms with Crippen LogP contribution < -0.4 is 0 Å². The van der Waals surface area contributed by atoms with Gasteiger partial charge in [-0.2, -0.15) is 0 Å². The Labute approximate surface area is 168 Å². The van der Waals surface area contributed by atoms with Crippen LogP contribution in [0.25, 0.3) is 0 Å². The Bertz CT molecular complexity index is 678. The summed E-state index contributed by atoms with van der Waals surface area (Å²) in [4.78, 5) is 6.02. The Balaban J connectivity index is 2.27. The largest absolute Gasteiger partial charge is 0.0871 e. The van der Waals surface area contributed by atoms with E-state index >= 15 is 0 Å². The smallest absolute Gasteiger partial charge is 0.0300 e. The first-order chi connectivity index (χ1) is 12.2. The van der Waals surface area contributed by atoms with E-state index in [1.807, 2.05) is 23.5 Å². The van der Waals surface area contributed by atoms with E-state index in [1.165, 1.54) is 41.8 Å².